The summed E-state index contributed by atoms with van der Waals surface area (Å²) in [7, 11) is 0. The second-order valence-corrected chi connectivity index (χ2v) is 5.11. The summed E-state index contributed by atoms with van der Waals surface area (Å²) >= 11 is 0. The highest BCUT2D eigenvalue weighted by molar-refractivity contribution is 5.47. The summed E-state index contributed by atoms with van der Waals surface area (Å²) in [6.45, 7) is 9.89. The third-order valence-corrected chi connectivity index (χ3v) is 3.15. The van der Waals surface area contributed by atoms with Gasteiger partial charge in [-0.15, -0.1) is 0 Å². The zero-order chi connectivity index (χ0) is 11.7. The maximum Gasteiger partial charge on any atom is 0.150 e. The fourth-order valence-electron chi connectivity index (χ4n) is 2.13. The molecule has 1 aromatic rings. The van der Waals surface area contributed by atoms with Crippen molar-refractivity contribution in [1.29, 1.82) is 0 Å². The third-order valence-electron chi connectivity index (χ3n) is 3.15. The van der Waals surface area contributed by atoms with E-state index in [1.807, 2.05) is 6.20 Å². The van der Waals surface area contributed by atoms with Crippen LogP contribution in [0.2, 0.25) is 0 Å². The van der Waals surface area contributed by atoms with Crippen molar-refractivity contribution in [3.63, 3.8) is 0 Å². The van der Waals surface area contributed by atoms with Crippen LogP contribution in [0.1, 0.15) is 51.4 Å². The molecule has 3 nitrogen and oxygen atoms in total. The van der Waals surface area contributed by atoms with E-state index in [0.29, 0.717) is 12.0 Å². The number of nitrogens with zero attached hydrogens (tertiary/aromatic N) is 3. The monoisotopic (exact) mass is 219 g/mol. The summed E-state index contributed by atoms with van der Waals surface area (Å²) in [6, 6.07) is 0.510. The SMILES string of the molecule is CC(C)c1cnc2c(n1)N(C(C)C)CCC2. The molecule has 88 valence electrons. The van der Waals surface area contributed by atoms with E-state index < -0.39 is 0 Å². The highest BCUT2D eigenvalue weighted by atomic mass is 15.2. The first kappa shape index (κ1) is 11.4. The third kappa shape index (κ3) is 2.04. The van der Waals surface area contributed by atoms with Gasteiger partial charge in [0.25, 0.3) is 0 Å². The first-order chi connectivity index (χ1) is 7.59. The molecular formula is C13H21N3. The van der Waals surface area contributed by atoms with E-state index in [0.717, 1.165) is 24.5 Å². The Morgan fingerprint density at radius 3 is 2.62 bits per heavy atom. The van der Waals surface area contributed by atoms with Crippen LogP contribution in [0.15, 0.2) is 6.20 Å². The van der Waals surface area contributed by atoms with Gasteiger partial charge < -0.3 is 4.90 Å². The lowest BCUT2D eigenvalue weighted by Gasteiger charge is -2.33. The molecule has 0 aliphatic carbocycles. The van der Waals surface area contributed by atoms with E-state index in [4.69, 9.17) is 4.98 Å². The van der Waals surface area contributed by atoms with Gasteiger partial charge in [0.05, 0.1) is 11.4 Å². The van der Waals surface area contributed by atoms with Crippen LogP contribution in [0.5, 0.6) is 0 Å². The Morgan fingerprint density at radius 2 is 2.00 bits per heavy atom. The Kier molecular flexibility index (Phi) is 3.13. The average Bonchev–Trinajstić information content (AvgIpc) is 2.27. The molecule has 0 aromatic carbocycles. The number of fused-ring (bicyclic) bond motifs is 1. The lowest BCUT2D eigenvalue weighted by Crippen LogP contribution is -2.36. The largest absolute Gasteiger partial charge is 0.353 e. The molecule has 1 aromatic heterocycles. The molecule has 0 saturated heterocycles. The van der Waals surface area contributed by atoms with Crippen molar-refractivity contribution >= 4 is 5.82 Å². The lowest BCUT2D eigenvalue weighted by molar-refractivity contribution is 0.600. The van der Waals surface area contributed by atoms with Crippen molar-refractivity contribution < 1.29 is 0 Å². The van der Waals surface area contributed by atoms with Crippen LogP contribution in [0.25, 0.3) is 0 Å². The Bertz CT molecular complexity index is 371. The van der Waals surface area contributed by atoms with Crippen molar-refractivity contribution in [2.24, 2.45) is 0 Å². The molecule has 1 aliphatic heterocycles. The molecule has 0 radical (unpaired) electrons. The van der Waals surface area contributed by atoms with Gasteiger partial charge in [-0.2, -0.15) is 0 Å². The van der Waals surface area contributed by atoms with E-state index in [-0.39, 0.29) is 0 Å². The lowest BCUT2D eigenvalue weighted by atomic mass is 10.1. The Hall–Kier alpha value is -1.12. The van der Waals surface area contributed by atoms with Gasteiger partial charge in [0.15, 0.2) is 5.82 Å². The minimum absolute atomic E-state index is 0.453. The van der Waals surface area contributed by atoms with Crippen molar-refractivity contribution in [1.82, 2.24) is 9.97 Å². The highest BCUT2D eigenvalue weighted by Crippen LogP contribution is 2.26. The Morgan fingerprint density at radius 1 is 1.25 bits per heavy atom. The second-order valence-electron chi connectivity index (χ2n) is 5.11. The smallest absolute Gasteiger partial charge is 0.150 e. The summed E-state index contributed by atoms with van der Waals surface area (Å²) in [6.07, 6.45) is 4.21. The molecule has 16 heavy (non-hydrogen) atoms. The van der Waals surface area contributed by atoms with Crippen LogP contribution in [-0.4, -0.2) is 22.6 Å². The number of anilines is 1. The van der Waals surface area contributed by atoms with Gasteiger partial charge in [-0.1, -0.05) is 13.8 Å². The van der Waals surface area contributed by atoms with E-state index in [1.54, 1.807) is 0 Å². The molecular weight excluding hydrogens is 198 g/mol. The second kappa shape index (κ2) is 4.40. The van der Waals surface area contributed by atoms with Crippen LogP contribution in [-0.2, 0) is 6.42 Å². The molecule has 0 unspecified atom stereocenters. The predicted octanol–water partition coefficient (Wildman–Crippen LogP) is 2.76. The van der Waals surface area contributed by atoms with Gasteiger partial charge in [0.1, 0.15) is 0 Å². The number of rotatable bonds is 2. The molecule has 0 N–H and O–H groups in total. The standard InChI is InChI=1S/C13H21N3/c1-9(2)12-8-14-11-6-5-7-16(10(3)4)13(11)15-12/h8-10H,5-7H2,1-4H3. The predicted molar refractivity (Wildman–Crippen MR) is 66.9 cm³/mol. The summed E-state index contributed by atoms with van der Waals surface area (Å²) in [5.41, 5.74) is 2.27. The summed E-state index contributed by atoms with van der Waals surface area (Å²) < 4.78 is 0. The van der Waals surface area contributed by atoms with Crippen molar-refractivity contribution in [2.45, 2.75) is 52.5 Å². The van der Waals surface area contributed by atoms with Crippen LogP contribution >= 0.6 is 0 Å². The first-order valence-corrected chi connectivity index (χ1v) is 6.22. The molecule has 2 heterocycles. The van der Waals surface area contributed by atoms with Crippen LogP contribution in [0, 0.1) is 0 Å². The van der Waals surface area contributed by atoms with Crippen LogP contribution in [0.4, 0.5) is 5.82 Å². The maximum absolute atomic E-state index is 4.78. The average molecular weight is 219 g/mol. The summed E-state index contributed by atoms with van der Waals surface area (Å²) in [5, 5.41) is 0. The van der Waals surface area contributed by atoms with Gasteiger partial charge in [0.2, 0.25) is 0 Å². The van der Waals surface area contributed by atoms with E-state index in [9.17, 15) is 0 Å². The molecule has 0 atom stereocenters. The summed E-state index contributed by atoms with van der Waals surface area (Å²) in [5.74, 6) is 1.57. The molecule has 3 heteroatoms. The highest BCUT2D eigenvalue weighted by Gasteiger charge is 2.22. The van der Waals surface area contributed by atoms with Crippen LogP contribution < -0.4 is 4.90 Å². The minimum Gasteiger partial charge on any atom is -0.353 e. The Labute approximate surface area is 97.9 Å². The van der Waals surface area contributed by atoms with Crippen molar-refractivity contribution in [3.8, 4) is 0 Å². The first-order valence-electron chi connectivity index (χ1n) is 6.22. The van der Waals surface area contributed by atoms with E-state index in [2.05, 4.69) is 37.6 Å². The Balaban J connectivity index is 2.40. The zero-order valence-electron chi connectivity index (χ0n) is 10.7. The molecule has 0 amide bonds. The number of hydrogen-bond donors (Lipinski definition) is 0. The summed E-state index contributed by atoms with van der Waals surface area (Å²) in [4.78, 5) is 11.7. The molecule has 0 spiro atoms. The normalized spacial score (nSPS) is 15.8. The molecule has 0 saturated carbocycles. The zero-order valence-corrected chi connectivity index (χ0v) is 10.7. The fraction of sp³-hybridized carbons (Fsp3) is 0.692. The molecule has 0 fully saturated rings. The minimum atomic E-state index is 0.453. The van der Waals surface area contributed by atoms with Crippen molar-refractivity contribution in [3.05, 3.63) is 17.6 Å². The number of aryl methyl sites for hydroxylation is 1. The van der Waals surface area contributed by atoms with E-state index >= 15 is 0 Å². The maximum atomic E-state index is 4.78. The van der Waals surface area contributed by atoms with E-state index in [1.165, 1.54) is 12.1 Å². The molecule has 2 rings (SSSR count). The van der Waals surface area contributed by atoms with Crippen LogP contribution in [0.3, 0.4) is 0 Å². The number of hydrogen-bond acceptors (Lipinski definition) is 3. The van der Waals surface area contributed by atoms with Gasteiger partial charge >= 0.3 is 0 Å². The fourth-order valence-corrected chi connectivity index (χ4v) is 2.13. The van der Waals surface area contributed by atoms with Crippen molar-refractivity contribution in [2.75, 3.05) is 11.4 Å². The van der Waals surface area contributed by atoms with Gasteiger partial charge in [0, 0.05) is 18.8 Å². The number of aromatic nitrogens is 2. The quantitative estimate of drug-likeness (QED) is 0.766. The topological polar surface area (TPSA) is 29.0 Å². The van der Waals surface area contributed by atoms with Gasteiger partial charge in [-0.25, -0.2) is 4.98 Å². The molecule has 1 aliphatic rings. The van der Waals surface area contributed by atoms with Gasteiger partial charge in [-0.3, -0.25) is 4.98 Å². The molecule has 0 bridgehead atoms. The van der Waals surface area contributed by atoms with Gasteiger partial charge in [-0.05, 0) is 32.6 Å².